The number of fused-ring (bicyclic) bond motifs is 1. The quantitative estimate of drug-likeness (QED) is 0.523. The third-order valence-corrected chi connectivity index (χ3v) is 6.54. The van der Waals surface area contributed by atoms with Crippen LogP contribution in [0.4, 0.5) is 4.79 Å². The van der Waals surface area contributed by atoms with E-state index in [4.69, 9.17) is 9.15 Å². The highest BCUT2D eigenvalue weighted by Gasteiger charge is 2.52. The van der Waals surface area contributed by atoms with Crippen LogP contribution in [0.2, 0.25) is 0 Å². The number of nitrogens with zero attached hydrogens (tertiary/aromatic N) is 1. The van der Waals surface area contributed by atoms with Gasteiger partial charge in [0.25, 0.3) is 17.7 Å². The molecule has 2 aromatic rings. The molecule has 1 fully saturated rings. The second-order valence-corrected chi connectivity index (χ2v) is 8.59. The number of ether oxygens (including phenoxy) is 1. The summed E-state index contributed by atoms with van der Waals surface area (Å²) in [5.74, 6) is 0.108. The van der Waals surface area contributed by atoms with Gasteiger partial charge in [0.2, 0.25) is 0 Å². The second kappa shape index (κ2) is 8.46. The molecule has 1 saturated heterocycles. The molecule has 180 valence electrons. The summed E-state index contributed by atoms with van der Waals surface area (Å²) in [6.45, 7) is 2.66. The van der Waals surface area contributed by atoms with Crippen molar-refractivity contribution in [3.63, 3.8) is 0 Å². The maximum atomic E-state index is 13.1. The van der Waals surface area contributed by atoms with E-state index in [1.807, 2.05) is 6.92 Å². The number of furan rings is 1. The van der Waals surface area contributed by atoms with Crippen molar-refractivity contribution in [3.05, 3.63) is 70.2 Å². The molecule has 5 amide bonds. The normalized spacial score (nSPS) is 21.6. The number of amides is 5. The van der Waals surface area contributed by atoms with Crippen LogP contribution in [0.15, 0.2) is 52.0 Å². The standard InChI is InChI=1S/C25H24N4O6/c1-3-14-11-26-21(30)18(14)8-6-16-7-9-20(35-16)25(23(32)27-24(33)28-25)13-29-12-15-4-5-17(34-2)10-19(15)22(29)31/h4-10H,3,11-13H2,1-2H3,(H,26,30)(H2,27,28,32,33)/b8-6-/t25-/m0/s1. The summed E-state index contributed by atoms with van der Waals surface area (Å²) in [4.78, 5) is 51.8. The number of urea groups is 1. The Morgan fingerprint density at radius 1 is 1.14 bits per heavy atom. The number of carbonyl (C=O) groups is 4. The Morgan fingerprint density at radius 3 is 2.69 bits per heavy atom. The Morgan fingerprint density at radius 2 is 1.97 bits per heavy atom. The second-order valence-electron chi connectivity index (χ2n) is 8.59. The van der Waals surface area contributed by atoms with Gasteiger partial charge in [-0.2, -0.15) is 0 Å². The van der Waals surface area contributed by atoms with Crippen molar-refractivity contribution < 1.29 is 28.3 Å². The van der Waals surface area contributed by atoms with Gasteiger partial charge in [-0.1, -0.05) is 13.0 Å². The first kappa shape index (κ1) is 22.5. The van der Waals surface area contributed by atoms with Crippen LogP contribution < -0.4 is 20.7 Å². The number of hydrogen-bond acceptors (Lipinski definition) is 6. The molecule has 35 heavy (non-hydrogen) atoms. The van der Waals surface area contributed by atoms with Gasteiger partial charge in [-0.25, -0.2) is 4.79 Å². The van der Waals surface area contributed by atoms with Gasteiger partial charge in [0.05, 0.1) is 13.7 Å². The maximum Gasteiger partial charge on any atom is 0.322 e. The van der Waals surface area contributed by atoms with Gasteiger partial charge >= 0.3 is 6.03 Å². The van der Waals surface area contributed by atoms with Crippen LogP contribution in [0.5, 0.6) is 5.75 Å². The van der Waals surface area contributed by atoms with E-state index in [9.17, 15) is 19.2 Å². The zero-order valence-corrected chi connectivity index (χ0v) is 19.3. The van der Waals surface area contributed by atoms with Gasteiger partial charge in [-0.3, -0.25) is 19.7 Å². The highest BCUT2D eigenvalue weighted by atomic mass is 16.5. The Bertz CT molecular complexity index is 1320. The summed E-state index contributed by atoms with van der Waals surface area (Å²) >= 11 is 0. The number of carbonyl (C=O) groups excluding carboxylic acids is 4. The van der Waals surface area contributed by atoms with E-state index in [2.05, 4.69) is 16.0 Å². The van der Waals surface area contributed by atoms with Gasteiger partial charge in [-0.05, 0) is 54.0 Å². The van der Waals surface area contributed by atoms with Gasteiger partial charge in [0, 0.05) is 24.2 Å². The number of imide groups is 1. The Labute approximate surface area is 201 Å². The fraction of sp³-hybridized carbons (Fsp3) is 0.280. The molecule has 0 bridgehead atoms. The van der Waals surface area contributed by atoms with Crippen molar-refractivity contribution in [1.29, 1.82) is 0 Å². The average molecular weight is 476 g/mol. The first-order valence-corrected chi connectivity index (χ1v) is 11.2. The number of hydrogen-bond donors (Lipinski definition) is 3. The van der Waals surface area contributed by atoms with Crippen molar-refractivity contribution in [2.24, 2.45) is 0 Å². The molecule has 0 saturated carbocycles. The molecular formula is C25H24N4O6. The van der Waals surface area contributed by atoms with E-state index in [1.165, 1.54) is 12.0 Å². The highest BCUT2D eigenvalue weighted by molar-refractivity contribution is 6.08. The first-order chi connectivity index (χ1) is 16.8. The predicted molar refractivity (Wildman–Crippen MR) is 124 cm³/mol. The molecule has 4 heterocycles. The summed E-state index contributed by atoms with van der Waals surface area (Å²) in [6, 6.07) is 7.80. The molecule has 0 radical (unpaired) electrons. The van der Waals surface area contributed by atoms with Crippen molar-refractivity contribution in [2.75, 3.05) is 20.2 Å². The third-order valence-electron chi connectivity index (χ3n) is 6.54. The smallest absolute Gasteiger partial charge is 0.322 e. The Hall–Kier alpha value is -4.34. The van der Waals surface area contributed by atoms with Crippen LogP contribution >= 0.6 is 0 Å². The van der Waals surface area contributed by atoms with Crippen molar-refractivity contribution >= 4 is 29.8 Å². The van der Waals surface area contributed by atoms with E-state index in [1.54, 1.807) is 42.5 Å². The van der Waals surface area contributed by atoms with E-state index in [-0.39, 0.29) is 30.7 Å². The van der Waals surface area contributed by atoms with Crippen LogP contribution in [0.3, 0.4) is 0 Å². The lowest BCUT2D eigenvalue weighted by Crippen LogP contribution is -2.52. The van der Waals surface area contributed by atoms with Crippen LogP contribution in [0, 0.1) is 0 Å². The van der Waals surface area contributed by atoms with Crippen LogP contribution in [-0.4, -0.2) is 48.9 Å². The van der Waals surface area contributed by atoms with Crippen molar-refractivity contribution in [1.82, 2.24) is 20.9 Å². The van der Waals surface area contributed by atoms with Gasteiger partial charge in [0.15, 0.2) is 5.54 Å². The molecule has 10 heteroatoms. The van der Waals surface area contributed by atoms with E-state index >= 15 is 0 Å². The van der Waals surface area contributed by atoms with E-state index in [0.29, 0.717) is 29.2 Å². The largest absolute Gasteiger partial charge is 0.497 e. The lowest BCUT2D eigenvalue weighted by molar-refractivity contribution is -0.125. The zero-order chi connectivity index (χ0) is 24.7. The molecule has 1 aromatic heterocycles. The molecule has 3 aliphatic rings. The van der Waals surface area contributed by atoms with Gasteiger partial charge < -0.3 is 24.7 Å². The number of methoxy groups -OCH3 is 1. The molecular weight excluding hydrogens is 452 g/mol. The highest BCUT2D eigenvalue weighted by Crippen LogP contribution is 2.33. The molecule has 10 nitrogen and oxygen atoms in total. The Balaban J connectivity index is 1.43. The molecule has 0 unspecified atom stereocenters. The minimum absolute atomic E-state index is 0.120. The fourth-order valence-electron chi connectivity index (χ4n) is 4.62. The summed E-state index contributed by atoms with van der Waals surface area (Å²) in [5.41, 5.74) is 1.28. The SMILES string of the molecule is CCC1=C(/C=C\c2ccc([C@]3(CN4Cc5ccc(OC)cc5C4=O)NC(=O)NC3=O)o2)C(=O)NC1. The molecule has 1 atom stereocenters. The Kier molecular flexibility index (Phi) is 5.43. The molecule has 1 aromatic carbocycles. The van der Waals surface area contributed by atoms with Crippen molar-refractivity contribution in [3.8, 4) is 5.75 Å². The lowest BCUT2D eigenvalue weighted by Gasteiger charge is -2.29. The summed E-state index contributed by atoms with van der Waals surface area (Å²) in [5, 5.41) is 7.70. The molecule has 3 N–H and O–H groups in total. The topological polar surface area (TPSA) is 130 Å². The number of rotatable bonds is 7. The predicted octanol–water partition coefficient (Wildman–Crippen LogP) is 1.83. The number of nitrogens with one attached hydrogen (secondary N) is 3. The van der Waals surface area contributed by atoms with Gasteiger partial charge in [0.1, 0.15) is 17.3 Å². The first-order valence-electron chi connectivity index (χ1n) is 11.2. The van der Waals surface area contributed by atoms with Crippen LogP contribution in [0.25, 0.3) is 6.08 Å². The lowest BCUT2D eigenvalue weighted by atomic mass is 9.95. The van der Waals surface area contributed by atoms with E-state index < -0.39 is 17.5 Å². The third kappa shape index (κ3) is 3.76. The molecule has 3 aliphatic heterocycles. The zero-order valence-electron chi connectivity index (χ0n) is 19.3. The molecule has 5 rings (SSSR count). The average Bonchev–Trinajstić information content (AvgIpc) is 3.59. The van der Waals surface area contributed by atoms with Crippen LogP contribution in [0.1, 0.15) is 40.8 Å². The minimum atomic E-state index is -1.59. The molecule has 0 spiro atoms. The van der Waals surface area contributed by atoms with Gasteiger partial charge in [-0.15, -0.1) is 0 Å². The fourth-order valence-corrected chi connectivity index (χ4v) is 4.62. The number of benzene rings is 1. The summed E-state index contributed by atoms with van der Waals surface area (Å²) < 4.78 is 11.2. The minimum Gasteiger partial charge on any atom is -0.497 e. The maximum absolute atomic E-state index is 13.1. The molecule has 0 aliphatic carbocycles. The summed E-state index contributed by atoms with van der Waals surface area (Å²) in [6.07, 6.45) is 4.07. The van der Waals surface area contributed by atoms with E-state index in [0.717, 1.165) is 17.6 Å². The van der Waals surface area contributed by atoms with Crippen LogP contribution in [-0.2, 0) is 21.7 Å². The van der Waals surface area contributed by atoms with Crippen molar-refractivity contribution in [2.45, 2.75) is 25.4 Å². The monoisotopic (exact) mass is 476 g/mol. The summed E-state index contributed by atoms with van der Waals surface area (Å²) in [7, 11) is 1.52.